The van der Waals surface area contributed by atoms with Crippen molar-refractivity contribution in [3.63, 3.8) is 0 Å². The largest absolute Gasteiger partial charge is 0.453 e. The number of aromatic nitrogens is 5. The Morgan fingerprint density at radius 1 is 1.12 bits per heavy atom. The number of H-pyrrole nitrogens is 1. The molecule has 0 radical (unpaired) electrons. The molecule has 3 heterocycles. The SMILES string of the molecule is CCN(Cc1c[nH]c2ccccc12)c1ccc2nnc(C(F)(F)F)n2n1. The first kappa shape index (κ1) is 16.4. The van der Waals surface area contributed by atoms with Crippen LogP contribution in [0.4, 0.5) is 19.0 Å². The predicted octanol–water partition coefficient (Wildman–Crippen LogP) is 3.65. The molecule has 9 heteroatoms. The average Bonchev–Trinajstić information content (AvgIpc) is 3.23. The van der Waals surface area contributed by atoms with Gasteiger partial charge in [0.15, 0.2) is 5.65 Å². The highest BCUT2D eigenvalue weighted by molar-refractivity contribution is 5.83. The van der Waals surface area contributed by atoms with Crippen LogP contribution in [0.3, 0.4) is 0 Å². The van der Waals surface area contributed by atoms with Gasteiger partial charge in [-0.05, 0) is 30.7 Å². The second kappa shape index (κ2) is 6.01. The van der Waals surface area contributed by atoms with Crippen LogP contribution in [0.25, 0.3) is 16.6 Å². The van der Waals surface area contributed by atoms with E-state index >= 15 is 0 Å². The number of rotatable bonds is 4. The monoisotopic (exact) mass is 360 g/mol. The summed E-state index contributed by atoms with van der Waals surface area (Å²) < 4.78 is 39.9. The van der Waals surface area contributed by atoms with Crippen LogP contribution in [0.2, 0.25) is 0 Å². The maximum atomic E-state index is 13.1. The number of alkyl halides is 3. The molecule has 26 heavy (non-hydrogen) atoms. The number of nitrogens with one attached hydrogen (secondary N) is 1. The highest BCUT2D eigenvalue weighted by Crippen LogP contribution is 2.28. The van der Waals surface area contributed by atoms with Gasteiger partial charge in [0.2, 0.25) is 0 Å². The Morgan fingerprint density at radius 2 is 1.92 bits per heavy atom. The summed E-state index contributed by atoms with van der Waals surface area (Å²) in [4.78, 5) is 5.10. The van der Waals surface area contributed by atoms with Crippen molar-refractivity contribution in [2.75, 3.05) is 11.4 Å². The third-order valence-electron chi connectivity index (χ3n) is 4.24. The number of fused-ring (bicyclic) bond motifs is 2. The van der Waals surface area contributed by atoms with E-state index in [0.717, 1.165) is 21.0 Å². The number of hydrogen-bond acceptors (Lipinski definition) is 4. The van der Waals surface area contributed by atoms with E-state index in [1.807, 2.05) is 42.3 Å². The summed E-state index contributed by atoms with van der Waals surface area (Å²) in [5, 5.41) is 11.9. The molecule has 0 saturated heterocycles. The lowest BCUT2D eigenvalue weighted by Gasteiger charge is -2.21. The Morgan fingerprint density at radius 3 is 2.69 bits per heavy atom. The molecule has 0 bridgehead atoms. The van der Waals surface area contributed by atoms with E-state index in [9.17, 15) is 13.2 Å². The zero-order valence-electron chi connectivity index (χ0n) is 13.8. The number of anilines is 1. The molecule has 1 aromatic carbocycles. The summed E-state index contributed by atoms with van der Waals surface area (Å²) in [6.07, 6.45) is -2.70. The fourth-order valence-corrected chi connectivity index (χ4v) is 2.95. The standard InChI is InChI=1S/C17H15F3N6/c1-2-25(10-11-9-21-13-6-4-3-5-12(11)13)15-8-7-14-22-23-16(17(18,19)20)26(14)24-15/h3-9,21H,2,10H2,1H3. The normalized spacial score (nSPS) is 12.2. The average molecular weight is 360 g/mol. The molecule has 0 aliphatic carbocycles. The number of hydrogen-bond donors (Lipinski definition) is 1. The van der Waals surface area contributed by atoms with Crippen molar-refractivity contribution < 1.29 is 13.2 Å². The lowest BCUT2D eigenvalue weighted by molar-refractivity contribution is -0.146. The molecule has 0 aliphatic heterocycles. The number of para-hydroxylation sites is 1. The lowest BCUT2D eigenvalue weighted by Crippen LogP contribution is -2.24. The predicted molar refractivity (Wildman–Crippen MR) is 90.8 cm³/mol. The molecule has 0 aliphatic rings. The minimum Gasteiger partial charge on any atom is -0.361 e. The molecule has 6 nitrogen and oxygen atoms in total. The molecule has 3 aromatic heterocycles. The summed E-state index contributed by atoms with van der Waals surface area (Å²) in [6.45, 7) is 3.03. The van der Waals surface area contributed by atoms with Crippen LogP contribution in [0.15, 0.2) is 42.6 Å². The summed E-state index contributed by atoms with van der Waals surface area (Å²) in [5.41, 5.74) is 2.12. The van der Waals surface area contributed by atoms with E-state index in [-0.39, 0.29) is 5.65 Å². The molecule has 0 saturated carbocycles. The minimum atomic E-state index is -4.61. The van der Waals surface area contributed by atoms with E-state index in [2.05, 4.69) is 20.3 Å². The van der Waals surface area contributed by atoms with Crippen molar-refractivity contribution >= 4 is 22.4 Å². The number of nitrogens with zero attached hydrogens (tertiary/aromatic N) is 5. The topological polar surface area (TPSA) is 62.1 Å². The van der Waals surface area contributed by atoms with Crippen LogP contribution >= 0.6 is 0 Å². The van der Waals surface area contributed by atoms with Gasteiger partial charge in [0.25, 0.3) is 5.82 Å². The van der Waals surface area contributed by atoms with Crippen LogP contribution in [0, 0.1) is 0 Å². The molecule has 134 valence electrons. The maximum absolute atomic E-state index is 13.1. The summed E-state index contributed by atoms with van der Waals surface area (Å²) in [5.74, 6) is -0.701. The molecule has 0 spiro atoms. The van der Waals surface area contributed by atoms with Gasteiger partial charge in [0.1, 0.15) is 5.82 Å². The fraction of sp³-hybridized carbons (Fsp3) is 0.235. The smallest absolute Gasteiger partial charge is 0.361 e. The van der Waals surface area contributed by atoms with Crippen molar-refractivity contribution in [1.82, 2.24) is 24.8 Å². The van der Waals surface area contributed by atoms with Gasteiger partial charge in [0.05, 0.1) is 0 Å². The lowest BCUT2D eigenvalue weighted by atomic mass is 10.1. The van der Waals surface area contributed by atoms with Crippen molar-refractivity contribution in [1.29, 1.82) is 0 Å². The zero-order valence-corrected chi connectivity index (χ0v) is 13.8. The molecule has 1 N–H and O–H groups in total. The quantitative estimate of drug-likeness (QED) is 0.603. The Balaban J connectivity index is 1.72. The van der Waals surface area contributed by atoms with Crippen LogP contribution in [0.1, 0.15) is 18.3 Å². The van der Waals surface area contributed by atoms with Gasteiger partial charge in [-0.15, -0.1) is 15.3 Å². The van der Waals surface area contributed by atoms with Crippen molar-refractivity contribution in [2.45, 2.75) is 19.6 Å². The van der Waals surface area contributed by atoms with Gasteiger partial charge >= 0.3 is 6.18 Å². The summed E-state index contributed by atoms with van der Waals surface area (Å²) in [6, 6.07) is 11.0. The third kappa shape index (κ3) is 2.75. The van der Waals surface area contributed by atoms with E-state index in [0.29, 0.717) is 18.9 Å². The molecule has 0 atom stereocenters. The molecule has 0 fully saturated rings. The molecule has 4 rings (SSSR count). The van der Waals surface area contributed by atoms with Crippen LogP contribution in [-0.4, -0.2) is 31.3 Å². The van der Waals surface area contributed by atoms with Gasteiger partial charge in [-0.1, -0.05) is 18.2 Å². The molecular weight excluding hydrogens is 345 g/mol. The Kier molecular flexibility index (Phi) is 3.78. The first-order chi connectivity index (χ1) is 12.5. The highest BCUT2D eigenvalue weighted by Gasteiger charge is 2.37. The van der Waals surface area contributed by atoms with Gasteiger partial charge in [-0.3, -0.25) is 0 Å². The van der Waals surface area contributed by atoms with Crippen molar-refractivity contribution in [3.05, 3.63) is 54.0 Å². The van der Waals surface area contributed by atoms with E-state index in [4.69, 9.17) is 0 Å². The van der Waals surface area contributed by atoms with Crippen LogP contribution in [0.5, 0.6) is 0 Å². The van der Waals surface area contributed by atoms with Gasteiger partial charge in [0, 0.05) is 30.2 Å². The Hall–Kier alpha value is -3.10. The third-order valence-corrected chi connectivity index (χ3v) is 4.24. The van der Waals surface area contributed by atoms with Gasteiger partial charge in [-0.25, -0.2) is 0 Å². The summed E-state index contributed by atoms with van der Waals surface area (Å²) >= 11 is 0. The molecule has 0 amide bonds. The Labute approximate surface area is 146 Å². The van der Waals surface area contributed by atoms with Crippen LogP contribution in [-0.2, 0) is 12.7 Å². The highest BCUT2D eigenvalue weighted by atomic mass is 19.4. The van der Waals surface area contributed by atoms with Crippen molar-refractivity contribution in [2.24, 2.45) is 0 Å². The van der Waals surface area contributed by atoms with Gasteiger partial charge < -0.3 is 9.88 Å². The first-order valence-electron chi connectivity index (χ1n) is 8.07. The molecule has 0 unspecified atom stereocenters. The Bertz CT molecular complexity index is 1070. The van der Waals surface area contributed by atoms with E-state index in [1.165, 1.54) is 6.07 Å². The molecular formula is C17H15F3N6. The second-order valence-electron chi connectivity index (χ2n) is 5.86. The van der Waals surface area contributed by atoms with Crippen LogP contribution < -0.4 is 4.90 Å². The fourth-order valence-electron chi connectivity index (χ4n) is 2.95. The summed E-state index contributed by atoms with van der Waals surface area (Å²) in [7, 11) is 0. The maximum Gasteiger partial charge on any atom is 0.453 e. The number of halogens is 3. The van der Waals surface area contributed by atoms with Gasteiger partial charge in [-0.2, -0.15) is 17.7 Å². The number of benzene rings is 1. The number of aromatic amines is 1. The minimum absolute atomic E-state index is 0.0595. The van der Waals surface area contributed by atoms with E-state index < -0.39 is 12.0 Å². The molecule has 4 aromatic rings. The first-order valence-corrected chi connectivity index (χ1v) is 8.07. The van der Waals surface area contributed by atoms with E-state index in [1.54, 1.807) is 6.07 Å². The zero-order chi connectivity index (χ0) is 18.3. The second-order valence-corrected chi connectivity index (χ2v) is 5.86. The van der Waals surface area contributed by atoms with Crippen molar-refractivity contribution in [3.8, 4) is 0 Å².